The normalized spacial score (nSPS) is 16.6. The van der Waals surface area contributed by atoms with Crippen molar-refractivity contribution in [2.75, 3.05) is 18.0 Å². The number of benzene rings is 1. The van der Waals surface area contributed by atoms with Gasteiger partial charge in [0, 0.05) is 30.6 Å². The van der Waals surface area contributed by atoms with Crippen LogP contribution in [0.15, 0.2) is 30.3 Å². The van der Waals surface area contributed by atoms with E-state index in [9.17, 15) is 0 Å². The monoisotopic (exact) mass is 255 g/mol. The quantitative estimate of drug-likeness (QED) is 0.896. The van der Waals surface area contributed by atoms with Gasteiger partial charge < -0.3 is 10.6 Å². The minimum Gasteiger partial charge on any atom is -0.356 e. The summed E-state index contributed by atoms with van der Waals surface area (Å²) in [7, 11) is 0. The molecule has 100 valence electrons. The van der Waals surface area contributed by atoms with Crippen LogP contribution in [0.4, 0.5) is 5.82 Å². The van der Waals surface area contributed by atoms with E-state index in [-0.39, 0.29) is 0 Å². The van der Waals surface area contributed by atoms with Crippen molar-refractivity contribution in [3.63, 3.8) is 0 Å². The highest BCUT2D eigenvalue weighted by Gasteiger charge is 2.15. The lowest BCUT2D eigenvalue weighted by Gasteiger charge is -2.24. The number of rotatable bonds is 2. The lowest BCUT2D eigenvalue weighted by molar-refractivity contribution is 0.726. The predicted octanol–water partition coefficient (Wildman–Crippen LogP) is 3.07. The standard InChI is InChI=1S/C16H21N3/c17-12-14-11-13-7-3-4-8-15(13)18-16(14)19-9-5-1-2-6-10-19/h3-4,7-8,11H,1-2,5-6,9-10,12,17H2. The van der Waals surface area contributed by atoms with Crippen LogP contribution in [0.1, 0.15) is 31.2 Å². The first-order valence-electron chi connectivity index (χ1n) is 7.22. The molecule has 1 aliphatic rings. The molecule has 1 aromatic carbocycles. The van der Waals surface area contributed by atoms with Crippen molar-refractivity contribution in [2.24, 2.45) is 5.73 Å². The third-order valence-corrected chi connectivity index (χ3v) is 3.91. The Morgan fingerprint density at radius 3 is 2.53 bits per heavy atom. The van der Waals surface area contributed by atoms with E-state index in [1.165, 1.54) is 36.6 Å². The molecule has 0 amide bonds. The fraction of sp³-hybridized carbons (Fsp3) is 0.438. The molecule has 2 aromatic rings. The molecule has 1 fully saturated rings. The second-order valence-electron chi connectivity index (χ2n) is 5.27. The van der Waals surface area contributed by atoms with Gasteiger partial charge in [-0.25, -0.2) is 4.98 Å². The third kappa shape index (κ3) is 2.56. The zero-order chi connectivity index (χ0) is 13.1. The average Bonchev–Trinajstić information content (AvgIpc) is 2.74. The summed E-state index contributed by atoms with van der Waals surface area (Å²) in [6.07, 6.45) is 5.20. The molecule has 0 atom stereocenters. The summed E-state index contributed by atoms with van der Waals surface area (Å²) in [4.78, 5) is 7.28. The number of fused-ring (bicyclic) bond motifs is 1. The molecule has 3 nitrogen and oxygen atoms in total. The zero-order valence-electron chi connectivity index (χ0n) is 11.3. The van der Waals surface area contributed by atoms with Crippen molar-refractivity contribution >= 4 is 16.7 Å². The van der Waals surface area contributed by atoms with Crippen molar-refractivity contribution in [3.05, 3.63) is 35.9 Å². The van der Waals surface area contributed by atoms with E-state index >= 15 is 0 Å². The fourth-order valence-electron chi connectivity index (χ4n) is 2.86. The number of hydrogen-bond acceptors (Lipinski definition) is 3. The van der Waals surface area contributed by atoms with Crippen LogP contribution < -0.4 is 10.6 Å². The van der Waals surface area contributed by atoms with Gasteiger partial charge in [0.15, 0.2) is 0 Å². The molecular formula is C16H21N3. The molecule has 1 saturated heterocycles. The van der Waals surface area contributed by atoms with Crippen molar-refractivity contribution in [3.8, 4) is 0 Å². The topological polar surface area (TPSA) is 42.1 Å². The maximum absolute atomic E-state index is 5.92. The minimum atomic E-state index is 0.559. The van der Waals surface area contributed by atoms with Gasteiger partial charge in [-0.05, 0) is 25.0 Å². The number of nitrogens with two attached hydrogens (primary N) is 1. The second kappa shape index (κ2) is 5.57. The molecule has 0 aliphatic carbocycles. The number of para-hydroxylation sites is 1. The smallest absolute Gasteiger partial charge is 0.133 e. The summed E-state index contributed by atoms with van der Waals surface area (Å²) >= 11 is 0. The Hall–Kier alpha value is -1.61. The summed E-state index contributed by atoms with van der Waals surface area (Å²) in [5.41, 5.74) is 8.16. The molecule has 0 bridgehead atoms. The number of anilines is 1. The zero-order valence-corrected chi connectivity index (χ0v) is 11.3. The van der Waals surface area contributed by atoms with Gasteiger partial charge >= 0.3 is 0 Å². The Morgan fingerprint density at radius 2 is 1.79 bits per heavy atom. The van der Waals surface area contributed by atoms with Gasteiger partial charge in [-0.3, -0.25) is 0 Å². The molecule has 2 heterocycles. The molecule has 3 rings (SSSR count). The maximum atomic E-state index is 5.92. The Labute approximate surface area is 114 Å². The van der Waals surface area contributed by atoms with Crippen LogP contribution in [0.5, 0.6) is 0 Å². The van der Waals surface area contributed by atoms with Gasteiger partial charge in [0.2, 0.25) is 0 Å². The summed E-state index contributed by atoms with van der Waals surface area (Å²) < 4.78 is 0. The molecule has 3 heteroatoms. The molecule has 19 heavy (non-hydrogen) atoms. The van der Waals surface area contributed by atoms with E-state index in [0.717, 1.165) is 24.4 Å². The van der Waals surface area contributed by atoms with Crippen LogP contribution in [0, 0.1) is 0 Å². The molecule has 0 spiro atoms. The lowest BCUT2D eigenvalue weighted by Crippen LogP contribution is -2.26. The fourth-order valence-corrected chi connectivity index (χ4v) is 2.86. The Morgan fingerprint density at radius 1 is 1.05 bits per heavy atom. The van der Waals surface area contributed by atoms with Crippen molar-refractivity contribution < 1.29 is 0 Å². The van der Waals surface area contributed by atoms with Crippen molar-refractivity contribution in [2.45, 2.75) is 32.2 Å². The summed E-state index contributed by atoms with van der Waals surface area (Å²) in [5.74, 6) is 1.10. The average molecular weight is 255 g/mol. The molecule has 1 aliphatic heterocycles. The van der Waals surface area contributed by atoms with Crippen molar-refractivity contribution in [1.82, 2.24) is 4.98 Å². The van der Waals surface area contributed by atoms with E-state index in [2.05, 4.69) is 29.2 Å². The minimum absolute atomic E-state index is 0.559. The SMILES string of the molecule is NCc1cc2ccccc2nc1N1CCCCCC1. The Bertz CT molecular complexity index is 557. The van der Waals surface area contributed by atoms with Gasteiger partial charge in [-0.2, -0.15) is 0 Å². The first-order chi connectivity index (χ1) is 9.38. The van der Waals surface area contributed by atoms with Gasteiger partial charge in [0.05, 0.1) is 5.52 Å². The van der Waals surface area contributed by atoms with Crippen LogP contribution in [0.3, 0.4) is 0 Å². The largest absolute Gasteiger partial charge is 0.356 e. The predicted molar refractivity (Wildman–Crippen MR) is 80.3 cm³/mol. The van der Waals surface area contributed by atoms with E-state index < -0.39 is 0 Å². The van der Waals surface area contributed by atoms with E-state index in [1.54, 1.807) is 0 Å². The molecule has 0 radical (unpaired) electrons. The summed E-state index contributed by atoms with van der Waals surface area (Å²) in [6, 6.07) is 10.5. The highest BCUT2D eigenvalue weighted by molar-refractivity contribution is 5.81. The molecule has 0 saturated carbocycles. The summed E-state index contributed by atoms with van der Waals surface area (Å²) in [6.45, 7) is 2.78. The molecule has 0 unspecified atom stereocenters. The van der Waals surface area contributed by atoms with Crippen LogP contribution in [0.25, 0.3) is 10.9 Å². The van der Waals surface area contributed by atoms with E-state index in [4.69, 9.17) is 10.7 Å². The van der Waals surface area contributed by atoms with Crippen molar-refractivity contribution in [1.29, 1.82) is 0 Å². The first kappa shape index (κ1) is 12.4. The molecule has 2 N–H and O–H groups in total. The maximum Gasteiger partial charge on any atom is 0.133 e. The number of nitrogens with zero attached hydrogens (tertiary/aromatic N) is 2. The van der Waals surface area contributed by atoms with E-state index in [0.29, 0.717) is 6.54 Å². The number of pyridine rings is 1. The van der Waals surface area contributed by atoms with Crippen LogP contribution in [-0.2, 0) is 6.54 Å². The number of aromatic nitrogens is 1. The van der Waals surface area contributed by atoms with Crippen LogP contribution in [0.2, 0.25) is 0 Å². The molecule has 1 aromatic heterocycles. The number of hydrogen-bond donors (Lipinski definition) is 1. The lowest BCUT2D eigenvalue weighted by atomic mass is 10.1. The van der Waals surface area contributed by atoms with Gasteiger partial charge in [0.25, 0.3) is 0 Å². The van der Waals surface area contributed by atoms with Gasteiger partial charge in [-0.15, -0.1) is 0 Å². The van der Waals surface area contributed by atoms with E-state index in [1.807, 2.05) is 6.07 Å². The third-order valence-electron chi connectivity index (χ3n) is 3.91. The summed E-state index contributed by atoms with van der Waals surface area (Å²) in [5, 5.41) is 1.18. The van der Waals surface area contributed by atoms with Crippen LogP contribution >= 0.6 is 0 Å². The van der Waals surface area contributed by atoms with Crippen LogP contribution in [-0.4, -0.2) is 18.1 Å². The highest BCUT2D eigenvalue weighted by Crippen LogP contribution is 2.25. The Balaban J connectivity index is 2.04. The first-order valence-corrected chi connectivity index (χ1v) is 7.22. The van der Waals surface area contributed by atoms with Gasteiger partial charge in [0.1, 0.15) is 5.82 Å². The Kier molecular flexibility index (Phi) is 3.65. The van der Waals surface area contributed by atoms with Gasteiger partial charge in [-0.1, -0.05) is 31.0 Å². The highest BCUT2D eigenvalue weighted by atomic mass is 15.2. The second-order valence-corrected chi connectivity index (χ2v) is 5.27. The molecular weight excluding hydrogens is 234 g/mol.